The Morgan fingerprint density at radius 3 is 2.59 bits per heavy atom. The largest absolute Gasteiger partial charge is 0.495 e. The Bertz CT molecular complexity index is 797. The van der Waals surface area contributed by atoms with Gasteiger partial charge in [0.2, 0.25) is 0 Å². The summed E-state index contributed by atoms with van der Waals surface area (Å²) in [6, 6.07) is 7.71. The summed E-state index contributed by atoms with van der Waals surface area (Å²) < 4.78 is 10.3. The van der Waals surface area contributed by atoms with Crippen LogP contribution in [0.1, 0.15) is 32.8 Å². The van der Waals surface area contributed by atoms with Gasteiger partial charge in [-0.3, -0.25) is 4.79 Å². The third kappa shape index (κ3) is 3.17. The molecule has 0 fully saturated rings. The third-order valence-corrected chi connectivity index (χ3v) is 3.47. The highest BCUT2D eigenvalue weighted by Crippen LogP contribution is 2.24. The Hall–Kier alpha value is -2.62. The molecule has 0 atom stereocenters. The van der Waals surface area contributed by atoms with Crippen LogP contribution < -0.4 is 10.4 Å². The minimum Gasteiger partial charge on any atom is -0.495 e. The van der Waals surface area contributed by atoms with Crippen molar-refractivity contribution in [1.29, 1.82) is 0 Å². The molecule has 0 bridgehead atoms. The van der Waals surface area contributed by atoms with Gasteiger partial charge in [-0.1, -0.05) is 35.9 Å². The summed E-state index contributed by atoms with van der Waals surface area (Å²) >= 11 is 0. The van der Waals surface area contributed by atoms with E-state index in [4.69, 9.17) is 9.15 Å². The van der Waals surface area contributed by atoms with E-state index in [2.05, 4.69) is 0 Å². The smallest absolute Gasteiger partial charge is 0.351 e. The molecule has 0 aliphatic rings. The van der Waals surface area contributed by atoms with E-state index in [0.717, 1.165) is 11.1 Å². The summed E-state index contributed by atoms with van der Waals surface area (Å²) in [7, 11) is 1.43. The number of methoxy groups -OCH3 is 1. The molecule has 2 aromatic rings. The van der Waals surface area contributed by atoms with Gasteiger partial charge in [0, 0.05) is 5.56 Å². The highest BCUT2D eigenvalue weighted by atomic mass is 16.5. The van der Waals surface area contributed by atoms with Gasteiger partial charge in [-0.2, -0.15) is 0 Å². The molecule has 0 unspecified atom stereocenters. The van der Waals surface area contributed by atoms with E-state index in [-0.39, 0.29) is 11.3 Å². The van der Waals surface area contributed by atoms with E-state index < -0.39 is 11.4 Å². The minimum absolute atomic E-state index is 0.0745. The lowest BCUT2D eigenvalue weighted by molar-refractivity contribution is 0.104. The molecule has 0 N–H and O–H groups in total. The quantitative estimate of drug-likeness (QED) is 0.640. The molecule has 0 amide bonds. The van der Waals surface area contributed by atoms with Crippen molar-refractivity contribution >= 4 is 11.9 Å². The second kappa shape index (κ2) is 6.43. The molecule has 0 spiro atoms. The SMILES string of the molecule is COc1c(C)c(C)oc(=O)c1C(=O)/C=C/c1cccc(C)c1. The van der Waals surface area contributed by atoms with Gasteiger partial charge in [-0.05, 0) is 32.4 Å². The topological polar surface area (TPSA) is 56.5 Å². The van der Waals surface area contributed by atoms with Crippen molar-refractivity contribution in [2.24, 2.45) is 0 Å². The number of hydrogen-bond donors (Lipinski definition) is 0. The van der Waals surface area contributed by atoms with E-state index in [1.54, 1.807) is 19.9 Å². The molecule has 1 heterocycles. The van der Waals surface area contributed by atoms with Crippen molar-refractivity contribution in [3.8, 4) is 5.75 Å². The lowest BCUT2D eigenvalue weighted by atomic mass is 10.1. The molecule has 0 saturated heterocycles. The molecule has 0 aliphatic carbocycles. The van der Waals surface area contributed by atoms with E-state index >= 15 is 0 Å². The van der Waals surface area contributed by atoms with Crippen molar-refractivity contribution in [2.75, 3.05) is 7.11 Å². The van der Waals surface area contributed by atoms with E-state index in [1.165, 1.54) is 13.2 Å². The fourth-order valence-corrected chi connectivity index (χ4v) is 2.20. The first kappa shape index (κ1) is 15.8. The first-order valence-corrected chi connectivity index (χ1v) is 6.91. The number of carbonyl (C=O) groups excluding carboxylic acids is 1. The molecule has 4 heteroatoms. The average molecular weight is 298 g/mol. The molecule has 0 aliphatic heterocycles. The summed E-state index contributed by atoms with van der Waals surface area (Å²) in [5.74, 6) is 0.281. The first-order chi connectivity index (χ1) is 10.4. The zero-order chi connectivity index (χ0) is 16.3. The summed E-state index contributed by atoms with van der Waals surface area (Å²) in [6.07, 6.45) is 3.03. The van der Waals surface area contributed by atoms with Crippen LogP contribution in [0.25, 0.3) is 6.08 Å². The van der Waals surface area contributed by atoms with Crippen LogP contribution in [-0.4, -0.2) is 12.9 Å². The number of ether oxygens (including phenoxy) is 1. The minimum atomic E-state index is -0.682. The number of hydrogen-bond acceptors (Lipinski definition) is 4. The second-order valence-corrected chi connectivity index (χ2v) is 5.09. The predicted octanol–water partition coefficient (Wildman–Crippen LogP) is 3.47. The molecular formula is C18H18O4. The number of rotatable bonds is 4. The van der Waals surface area contributed by atoms with Crippen LogP contribution in [0.2, 0.25) is 0 Å². The normalized spacial score (nSPS) is 10.9. The van der Waals surface area contributed by atoms with E-state index in [9.17, 15) is 9.59 Å². The zero-order valence-corrected chi connectivity index (χ0v) is 13.1. The fourth-order valence-electron chi connectivity index (χ4n) is 2.20. The van der Waals surface area contributed by atoms with Crippen LogP contribution in [0.4, 0.5) is 0 Å². The molecule has 0 saturated carbocycles. The van der Waals surface area contributed by atoms with Crippen molar-refractivity contribution in [3.05, 3.63) is 68.8 Å². The first-order valence-electron chi connectivity index (χ1n) is 6.91. The molecular weight excluding hydrogens is 280 g/mol. The Labute approximate surface area is 129 Å². The Morgan fingerprint density at radius 1 is 1.23 bits per heavy atom. The van der Waals surface area contributed by atoms with Gasteiger partial charge in [0.05, 0.1) is 7.11 Å². The third-order valence-electron chi connectivity index (χ3n) is 3.47. The van der Waals surface area contributed by atoms with Crippen molar-refractivity contribution in [3.63, 3.8) is 0 Å². The van der Waals surface area contributed by atoms with Crippen molar-refractivity contribution in [1.82, 2.24) is 0 Å². The summed E-state index contributed by atoms with van der Waals surface area (Å²) in [6.45, 7) is 5.38. The Kier molecular flexibility index (Phi) is 4.61. The lowest BCUT2D eigenvalue weighted by Gasteiger charge is -2.09. The number of aryl methyl sites for hydroxylation is 2. The van der Waals surface area contributed by atoms with Gasteiger partial charge < -0.3 is 9.15 Å². The maximum absolute atomic E-state index is 12.3. The maximum atomic E-state index is 12.3. The van der Waals surface area contributed by atoms with Crippen LogP contribution in [0.15, 0.2) is 39.6 Å². The van der Waals surface area contributed by atoms with Gasteiger partial charge in [-0.25, -0.2) is 4.79 Å². The molecule has 2 rings (SSSR count). The number of benzene rings is 1. The van der Waals surface area contributed by atoms with Crippen molar-refractivity contribution in [2.45, 2.75) is 20.8 Å². The second-order valence-electron chi connectivity index (χ2n) is 5.09. The van der Waals surface area contributed by atoms with Crippen LogP contribution in [0, 0.1) is 20.8 Å². The van der Waals surface area contributed by atoms with Crippen LogP contribution >= 0.6 is 0 Å². The summed E-state index contributed by atoms with van der Waals surface area (Å²) in [5.41, 5.74) is 1.88. The highest BCUT2D eigenvalue weighted by Gasteiger charge is 2.20. The van der Waals surface area contributed by atoms with Crippen LogP contribution in [0.5, 0.6) is 5.75 Å². The molecule has 0 radical (unpaired) electrons. The van der Waals surface area contributed by atoms with Gasteiger partial charge in [-0.15, -0.1) is 0 Å². The highest BCUT2D eigenvalue weighted by molar-refractivity contribution is 6.08. The van der Waals surface area contributed by atoms with Gasteiger partial charge in [0.15, 0.2) is 5.78 Å². The van der Waals surface area contributed by atoms with Crippen LogP contribution in [-0.2, 0) is 0 Å². The number of allylic oxidation sites excluding steroid dienone is 1. The van der Waals surface area contributed by atoms with Crippen molar-refractivity contribution < 1.29 is 13.9 Å². The average Bonchev–Trinajstić information content (AvgIpc) is 2.48. The van der Waals surface area contributed by atoms with Gasteiger partial charge in [0.1, 0.15) is 17.1 Å². The molecule has 114 valence electrons. The molecule has 22 heavy (non-hydrogen) atoms. The van der Waals surface area contributed by atoms with E-state index in [0.29, 0.717) is 11.3 Å². The number of carbonyl (C=O) groups is 1. The zero-order valence-electron chi connectivity index (χ0n) is 13.1. The fraction of sp³-hybridized carbons (Fsp3) is 0.222. The molecule has 1 aromatic heterocycles. The van der Waals surface area contributed by atoms with Gasteiger partial charge in [0.25, 0.3) is 0 Å². The lowest BCUT2D eigenvalue weighted by Crippen LogP contribution is -2.16. The van der Waals surface area contributed by atoms with Gasteiger partial charge >= 0.3 is 5.63 Å². The Balaban J connectivity index is 2.42. The maximum Gasteiger partial charge on any atom is 0.351 e. The monoisotopic (exact) mass is 298 g/mol. The summed E-state index contributed by atoms with van der Waals surface area (Å²) in [4.78, 5) is 24.3. The molecule has 1 aromatic carbocycles. The Morgan fingerprint density at radius 2 is 1.95 bits per heavy atom. The number of ketones is 1. The standard InChI is InChI=1S/C18H18O4/c1-11-6-5-7-14(10-11)8-9-15(19)16-17(21-4)12(2)13(3)22-18(16)20/h5-10H,1-4H3/b9-8+. The van der Waals surface area contributed by atoms with Crippen LogP contribution in [0.3, 0.4) is 0 Å². The summed E-state index contributed by atoms with van der Waals surface area (Å²) in [5, 5.41) is 0. The van der Waals surface area contributed by atoms with E-state index in [1.807, 2.05) is 31.2 Å². The predicted molar refractivity (Wildman–Crippen MR) is 85.5 cm³/mol. The molecule has 4 nitrogen and oxygen atoms in total.